The number of nitrogens with zero attached hydrogens (tertiary/aromatic N) is 4. The molecular weight excluding hydrogens is 316 g/mol. The van der Waals surface area contributed by atoms with Crippen LogP contribution in [-0.4, -0.2) is 51.8 Å². The number of hydrogen-bond donors (Lipinski definition) is 0. The van der Waals surface area contributed by atoms with Crippen LogP contribution in [-0.2, 0) is 11.3 Å². The summed E-state index contributed by atoms with van der Waals surface area (Å²) < 4.78 is 12.3. The molecule has 3 rings (SSSR count). The van der Waals surface area contributed by atoms with Crippen molar-refractivity contribution in [3.8, 4) is 0 Å². The molecule has 0 spiro atoms. The zero-order chi connectivity index (χ0) is 17.3. The number of aromatic nitrogens is 2. The molecule has 1 amide bonds. The number of rotatable bonds is 4. The molecule has 2 aromatic heterocycles. The molecule has 1 aliphatic heterocycles. The second kappa shape index (κ2) is 6.44. The molecule has 0 bridgehead atoms. The number of furan rings is 1. The first-order valence-electron chi connectivity index (χ1n) is 7.61. The number of amides is 1. The van der Waals surface area contributed by atoms with E-state index < -0.39 is 4.92 Å². The van der Waals surface area contributed by atoms with Crippen molar-refractivity contribution in [2.24, 2.45) is 0 Å². The third kappa shape index (κ3) is 3.02. The summed E-state index contributed by atoms with van der Waals surface area (Å²) in [4.78, 5) is 24.6. The maximum atomic E-state index is 12.3. The van der Waals surface area contributed by atoms with Crippen molar-refractivity contribution in [3.05, 3.63) is 45.2 Å². The van der Waals surface area contributed by atoms with Gasteiger partial charge in [0.25, 0.3) is 5.91 Å². The van der Waals surface area contributed by atoms with Gasteiger partial charge >= 0.3 is 5.69 Å². The van der Waals surface area contributed by atoms with E-state index in [1.165, 1.54) is 4.68 Å². The fourth-order valence-corrected chi connectivity index (χ4v) is 2.75. The van der Waals surface area contributed by atoms with Gasteiger partial charge in [0.15, 0.2) is 5.76 Å². The molecule has 24 heavy (non-hydrogen) atoms. The first kappa shape index (κ1) is 16.2. The highest BCUT2D eigenvalue weighted by Gasteiger charge is 2.24. The number of morpholine rings is 1. The van der Waals surface area contributed by atoms with Crippen LogP contribution in [0.1, 0.15) is 27.7 Å². The molecule has 0 aromatic carbocycles. The Morgan fingerprint density at radius 3 is 2.67 bits per heavy atom. The molecule has 128 valence electrons. The molecule has 0 unspecified atom stereocenters. The lowest BCUT2D eigenvalue weighted by Gasteiger charge is -2.25. The summed E-state index contributed by atoms with van der Waals surface area (Å²) in [6.45, 7) is 5.59. The lowest BCUT2D eigenvalue weighted by molar-refractivity contribution is -0.386. The summed E-state index contributed by atoms with van der Waals surface area (Å²) in [7, 11) is 0. The van der Waals surface area contributed by atoms with Crippen LogP contribution in [0.25, 0.3) is 0 Å². The van der Waals surface area contributed by atoms with Crippen LogP contribution in [0.2, 0.25) is 0 Å². The van der Waals surface area contributed by atoms with Crippen LogP contribution in [0.4, 0.5) is 5.69 Å². The van der Waals surface area contributed by atoms with Crippen molar-refractivity contribution in [2.45, 2.75) is 20.4 Å². The molecule has 2 aromatic rings. The van der Waals surface area contributed by atoms with Gasteiger partial charge in [-0.2, -0.15) is 5.10 Å². The van der Waals surface area contributed by atoms with Gasteiger partial charge in [-0.25, -0.2) is 0 Å². The summed E-state index contributed by atoms with van der Waals surface area (Å²) in [5, 5.41) is 15.2. The van der Waals surface area contributed by atoms with Crippen molar-refractivity contribution >= 4 is 11.6 Å². The van der Waals surface area contributed by atoms with Gasteiger partial charge in [-0.05, 0) is 26.0 Å². The van der Waals surface area contributed by atoms with E-state index in [2.05, 4.69) is 5.10 Å². The molecule has 0 saturated carbocycles. The topological polar surface area (TPSA) is 104 Å². The van der Waals surface area contributed by atoms with E-state index in [0.29, 0.717) is 43.5 Å². The van der Waals surface area contributed by atoms with Gasteiger partial charge in [0, 0.05) is 13.1 Å². The molecule has 0 N–H and O–H groups in total. The molecule has 0 atom stereocenters. The lowest BCUT2D eigenvalue weighted by atomic mass is 10.3. The third-order valence-electron chi connectivity index (χ3n) is 4.00. The Hall–Kier alpha value is -2.68. The highest BCUT2D eigenvalue weighted by atomic mass is 16.6. The second-order valence-electron chi connectivity index (χ2n) is 5.60. The van der Waals surface area contributed by atoms with E-state index in [1.54, 1.807) is 30.9 Å². The Labute approximate surface area is 137 Å². The summed E-state index contributed by atoms with van der Waals surface area (Å²) in [6.07, 6.45) is 0. The van der Waals surface area contributed by atoms with Gasteiger partial charge in [0.1, 0.15) is 17.1 Å². The predicted molar refractivity (Wildman–Crippen MR) is 82.9 cm³/mol. The van der Waals surface area contributed by atoms with Gasteiger partial charge in [-0.15, -0.1) is 0 Å². The minimum Gasteiger partial charge on any atom is -0.454 e. The Bertz CT molecular complexity index is 773. The second-order valence-corrected chi connectivity index (χ2v) is 5.60. The molecule has 9 heteroatoms. The fourth-order valence-electron chi connectivity index (χ4n) is 2.75. The molecular formula is C15H18N4O5. The predicted octanol–water partition coefficient (Wildman–Crippen LogP) is 1.52. The van der Waals surface area contributed by atoms with Crippen molar-refractivity contribution in [2.75, 3.05) is 26.3 Å². The van der Waals surface area contributed by atoms with Crippen molar-refractivity contribution in [1.82, 2.24) is 14.7 Å². The minimum atomic E-state index is -0.441. The summed E-state index contributed by atoms with van der Waals surface area (Å²) in [5.41, 5.74) is 0.815. The normalized spacial score (nSPS) is 14.8. The van der Waals surface area contributed by atoms with Crippen LogP contribution < -0.4 is 0 Å². The van der Waals surface area contributed by atoms with Crippen LogP contribution in [0.3, 0.4) is 0 Å². The third-order valence-corrected chi connectivity index (χ3v) is 4.00. The van der Waals surface area contributed by atoms with Crippen molar-refractivity contribution in [1.29, 1.82) is 0 Å². The van der Waals surface area contributed by atoms with Crippen molar-refractivity contribution in [3.63, 3.8) is 0 Å². The minimum absolute atomic E-state index is 0.00572. The van der Waals surface area contributed by atoms with Crippen LogP contribution in [0.15, 0.2) is 16.5 Å². The quantitative estimate of drug-likeness (QED) is 0.620. The molecule has 9 nitrogen and oxygen atoms in total. The summed E-state index contributed by atoms with van der Waals surface area (Å²) in [6, 6.07) is 3.31. The van der Waals surface area contributed by atoms with E-state index >= 15 is 0 Å². The summed E-state index contributed by atoms with van der Waals surface area (Å²) in [5.74, 6) is 0.596. The maximum Gasteiger partial charge on any atom is 0.312 e. The first-order valence-corrected chi connectivity index (χ1v) is 7.61. The Morgan fingerprint density at radius 1 is 1.33 bits per heavy atom. The largest absolute Gasteiger partial charge is 0.454 e. The van der Waals surface area contributed by atoms with Crippen LogP contribution >= 0.6 is 0 Å². The van der Waals surface area contributed by atoms with Gasteiger partial charge in [0.05, 0.1) is 24.7 Å². The zero-order valence-electron chi connectivity index (χ0n) is 13.5. The monoisotopic (exact) mass is 334 g/mol. The number of aryl methyl sites for hydroxylation is 1. The number of carbonyl (C=O) groups is 1. The molecule has 1 fully saturated rings. The van der Waals surface area contributed by atoms with Gasteiger partial charge < -0.3 is 14.1 Å². The number of nitro groups is 1. The zero-order valence-corrected chi connectivity index (χ0v) is 13.5. The lowest BCUT2D eigenvalue weighted by Crippen LogP contribution is -2.40. The first-order chi connectivity index (χ1) is 11.5. The Balaban J connectivity index is 1.76. The highest BCUT2D eigenvalue weighted by molar-refractivity contribution is 5.91. The standard InChI is InChI=1S/C15H18N4O5/c1-10-14(19(21)22)11(2)18(16-10)9-12-3-4-13(24-12)15(20)17-5-7-23-8-6-17/h3-4H,5-9H2,1-2H3. The molecule has 1 aliphatic rings. The SMILES string of the molecule is Cc1nn(Cc2ccc(C(=O)N3CCOCC3)o2)c(C)c1[N+](=O)[O-]. The van der Waals surface area contributed by atoms with Crippen LogP contribution in [0.5, 0.6) is 0 Å². The average molecular weight is 334 g/mol. The van der Waals surface area contributed by atoms with E-state index in [-0.39, 0.29) is 23.9 Å². The smallest absolute Gasteiger partial charge is 0.312 e. The Kier molecular flexibility index (Phi) is 4.34. The number of ether oxygens (including phenoxy) is 1. The fraction of sp³-hybridized carbons (Fsp3) is 0.467. The summed E-state index contributed by atoms with van der Waals surface area (Å²) >= 11 is 0. The van der Waals surface area contributed by atoms with E-state index in [0.717, 1.165) is 0 Å². The molecule has 0 radical (unpaired) electrons. The average Bonchev–Trinajstić information content (AvgIpc) is 3.13. The van der Waals surface area contributed by atoms with Gasteiger partial charge in [-0.3, -0.25) is 19.6 Å². The highest BCUT2D eigenvalue weighted by Crippen LogP contribution is 2.23. The van der Waals surface area contributed by atoms with E-state index in [1.807, 2.05) is 0 Å². The molecule has 1 saturated heterocycles. The number of hydrogen-bond acceptors (Lipinski definition) is 6. The van der Waals surface area contributed by atoms with E-state index in [4.69, 9.17) is 9.15 Å². The maximum absolute atomic E-state index is 12.3. The molecule has 0 aliphatic carbocycles. The van der Waals surface area contributed by atoms with Crippen molar-refractivity contribution < 1.29 is 18.9 Å². The van der Waals surface area contributed by atoms with Crippen LogP contribution in [0, 0.1) is 24.0 Å². The van der Waals surface area contributed by atoms with E-state index in [9.17, 15) is 14.9 Å². The molecule has 3 heterocycles. The Morgan fingerprint density at radius 2 is 2.04 bits per heavy atom. The van der Waals surface area contributed by atoms with Gasteiger partial charge in [0.2, 0.25) is 0 Å². The number of carbonyl (C=O) groups excluding carboxylic acids is 1. The van der Waals surface area contributed by atoms with Gasteiger partial charge in [-0.1, -0.05) is 0 Å².